The Morgan fingerprint density at radius 1 is 1.10 bits per heavy atom. The van der Waals surface area contributed by atoms with Crippen LogP contribution in [0.25, 0.3) is 0 Å². The normalized spacial score (nSPS) is 10.1. The fraction of sp³-hybridized carbons (Fsp3) is 0.235. The smallest absolute Gasteiger partial charge is 0.436 e. The van der Waals surface area contributed by atoms with Crippen LogP contribution in [-0.4, -0.2) is 44.3 Å². The van der Waals surface area contributed by atoms with Gasteiger partial charge in [0.1, 0.15) is 0 Å². The number of hydrogen-bond acceptors (Lipinski definition) is 6. The van der Waals surface area contributed by atoms with Gasteiger partial charge in [-0.1, -0.05) is 24.3 Å². The van der Waals surface area contributed by atoms with Gasteiger partial charge in [-0.2, -0.15) is 0 Å². The van der Waals surface area contributed by atoms with E-state index in [0.29, 0.717) is 18.0 Å². The number of urea groups is 1. The van der Waals surface area contributed by atoms with E-state index < -0.39 is 18.2 Å². The lowest BCUT2D eigenvalue weighted by molar-refractivity contribution is -0.114. The Morgan fingerprint density at radius 2 is 1.79 bits per heavy atom. The molecule has 2 aromatic rings. The molecule has 0 saturated heterocycles. The molecule has 5 amide bonds. The van der Waals surface area contributed by atoms with Crippen molar-refractivity contribution >= 4 is 40.6 Å². The number of rotatable bonds is 6. The molecule has 0 radical (unpaired) electrons. The second kappa shape index (κ2) is 10.0. The fourth-order valence-electron chi connectivity index (χ4n) is 2.30. The highest BCUT2D eigenvalue weighted by Crippen LogP contribution is 2.17. The second-order valence-corrected chi connectivity index (χ2v) is 6.70. The number of nitrogens with zero attached hydrogens (tertiary/aromatic N) is 2. The van der Waals surface area contributed by atoms with E-state index in [1.54, 1.807) is 11.5 Å². The Morgan fingerprint density at radius 3 is 2.45 bits per heavy atom. The highest BCUT2D eigenvalue weighted by molar-refractivity contribution is 7.13. The minimum absolute atomic E-state index is 0.0795. The maximum Gasteiger partial charge on any atom is 0.436 e. The average Bonchev–Trinajstić information content (AvgIpc) is 3.09. The molecule has 29 heavy (non-hydrogen) atoms. The molecule has 154 valence electrons. The average molecular weight is 421 g/mol. The third kappa shape index (κ3) is 7.10. The third-order valence-corrected chi connectivity index (χ3v) is 4.35. The lowest BCUT2D eigenvalue weighted by atomic mass is 10.1. The minimum atomic E-state index is -1.82. The monoisotopic (exact) mass is 421 g/mol. The highest BCUT2D eigenvalue weighted by atomic mass is 32.1. The molecular weight excluding hydrogens is 402 g/mol. The number of carbonyl (C=O) groups is 4. The van der Waals surface area contributed by atoms with Gasteiger partial charge in [0, 0.05) is 18.8 Å². The van der Waals surface area contributed by atoms with Crippen molar-refractivity contribution in [1.29, 1.82) is 0 Å². The Balaban J connectivity index is 1.86. The minimum Gasteiger partial charge on any atom is -0.463 e. The molecule has 11 nitrogen and oxygen atoms in total. The predicted octanol–water partition coefficient (Wildman–Crippen LogP) is 2.26. The van der Waals surface area contributed by atoms with E-state index >= 15 is 0 Å². The summed E-state index contributed by atoms with van der Waals surface area (Å²) < 4.78 is 0. The van der Waals surface area contributed by atoms with Crippen LogP contribution >= 0.6 is 11.3 Å². The Labute approximate surface area is 169 Å². The molecule has 0 aliphatic rings. The number of anilines is 1. The summed E-state index contributed by atoms with van der Waals surface area (Å²) in [5, 5.41) is 24.6. The lowest BCUT2D eigenvalue weighted by Crippen LogP contribution is -2.51. The maximum absolute atomic E-state index is 11.7. The first kappa shape index (κ1) is 21.6. The number of hydrazine groups is 1. The second-order valence-electron chi connectivity index (χ2n) is 5.84. The number of aromatic nitrogens is 1. The van der Waals surface area contributed by atoms with Crippen LogP contribution in [-0.2, 0) is 24.2 Å². The van der Waals surface area contributed by atoms with Crippen molar-refractivity contribution in [3.8, 4) is 0 Å². The lowest BCUT2D eigenvalue weighted by Gasteiger charge is -2.15. The van der Waals surface area contributed by atoms with Crippen molar-refractivity contribution in [2.24, 2.45) is 0 Å². The summed E-state index contributed by atoms with van der Waals surface area (Å²) in [7, 11) is 0. The molecule has 0 bridgehead atoms. The highest BCUT2D eigenvalue weighted by Gasteiger charge is 2.22. The van der Waals surface area contributed by atoms with E-state index in [4.69, 9.17) is 10.2 Å². The van der Waals surface area contributed by atoms with Crippen molar-refractivity contribution in [1.82, 2.24) is 20.7 Å². The van der Waals surface area contributed by atoms with Gasteiger partial charge in [0.15, 0.2) is 5.13 Å². The van der Waals surface area contributed by atoms with Crippen LogP contribution in [0.2, 0.25) is 0 Å². The standard InChI is InChI=1S/C17H19N5O6S/c1-10(23)19-15-20-13(9-29-15)6-5-11-3-2-4-12(7-11)8-18-14(24)21-22(16(25)26)17(27)28/h2-4,7,9H,5-6,8H2,1H3,(H,25,26)(H,27,28)(H2,18,21,24)(H,19,20,23). The fourth-order valence-corrected chi connectivity index (χ4v) is 3.09. The van der Waals surface area contributed by atoms with E-state index in [-0.39, 0.29) is 17.5 Å². The van der Waals surface area contributed by atoms with Crippen LogP contribution < -0.4 is 16.1 Å². The van der Waals surface area contributed by atoms with Crippen LogP contribution in [0.4, 0.5) is 19.5 Å². The summed E-state index contributed by atoms with van der Waals surface area (Å²) in [6, 6.07) is 6.41. The zero-order valence-electron chi connectivity index (χ0n) is 15.3. The van der Waals surface area contributed by atoms with E-state index in [1.165, 1.54) is 18.3 Å². The number of hydrogen-bond donors (Lipinski definition) is 5. The largest absolute Gasteiger partial charge is 0.463 e. The summed E-state index contributed by atoms with van der Waals surface area (Å²) in [4.78, 5) is 48.5. The molecule has 1 aromatic heterocycles. The summed E-state index contributed by atoms with van der Waals surface area (Å²) in [5.41, 5.74) is 4.31. The van der Waals surface area contributed by atoms with Crippen molar-refractivity contribution in [3.63, 3.8) is 0 Å². The van der Waals surface area contributed by atoms with Gasteiger partial charge in [-0.15, -0.1) is 16.3 Å². The quantitative estimate of drug-likeness (QED) is 0.447. The first-order valence-electron chi connectivity index (χ1n) is 8.35. The van der Waals surface area contributed by atoms with Gasteiger partial charge in [-0.05, 0) is 24.0 Å². The van der Waals surface area contributed by atoms with E-state index in [2.05, 4.69) is 15.6 Å². The molecule has 1 aromatic carbocycles. The Bertz CT molecular complexity index is 901. The first-order chi connectivity index (χ1) is 13.7. The molecule has 5 N–H and O–H groups in total. The van der Waals surface area contributed by atoms with Crippen molar-refractivity contribution < 1.29 is 29.4 Å². The summed E-state index contributed by atoms with van der Waals surface area (Å²) >= 11 is 1.35. The van der Waals surface area contributed by atoms with Crippen molar-refractivity contribution in [3.05, 3.63) is 46.5 Å². The van der Waals surface area contributed by atoms with Crippen LogP contribution in [0, 0.1) is 0 Å². The van der Waals surface area contributed by atoms with E-state index in [9.17, 15) is 19.2 Å². The first-order valence-corrected chi connectivity index (χ1v) is 9.23. The van der Waals surface area contributed by atoms with Gasteiger partial charge in [-0.3, -0.25) is 4.79 Å². The number of aryl methyl sites for hydroxylation is 2. The zero-order valence-corrected chi connectivity index (χ0v) is 16.2. The molecule has 0 fully saturated rings. The van der Waals surface area contributed by atoms with E-state index in [1.807, 2.05) is 23.6 Å². The number of carboxylic acid groups (broad SMARTS) is 2. The number of thiazole rings is 1. The zero-order chi connectivity index (χ0) is 21.4. The van der Waals surface area contributed by atoms with Gasteiger partial charge in [-0.25, -0.2) is 24.8 Å². The Kier molecular flexibility index (Phi) is 7.48. The van der Waals surface area contributed by atoms with Gasteiger partial charge in [0.05, 0.1) is 5.69 Å². The molecule has 0 saturated carbocycles. The topological polar surface area (TPSA) is 161 Å². The molecule has 0 aliphatic heterocycles. The predicted molar refractivity (Wildman–Crippen MR) is 104 cm³/mol. The molecule has 0 aliphatic carbocycles. The van der Waals surface area contributed by atoms with Gasteiger partial charge >= 0.3 is 18.2 Å². The summed E-state index contributed by atoms with van der Waals surface area (Å²) in [6.45, 7) is 1.50. The molecule has 1 heterocycles. The number of carbonyl (C=O) groups excluding carboxylic acids is 2. The van der Waals surface area contributed by atoms with Crippen LogP contribution in [0.1, 0.15) is 23.7 Å². The van der Waals surface area contributed by atoms with Crippen LogP contribution in [0.3, 0.4) is 0 Å². The summed E-state index contributed by atoms with van der Waals surface area (Å²) in [5.74, 6) is -0.176. The van der Waals surface area contributed by atoms with Crippen LogP contribution in [0.15, 0.2) is 29.6 Å². The number of amides is 5. The number of imide groups is 1. The molecule has 2 rings (SSSR count). The third-order valence-electron chi connectivity index (χ3n) is 3.54. The molecule has 0 atom stereocenters. The molecular formula is C17H19N5O6S. The van der Waals surface area contributed by atoms with Crippen molar-refractivity contribution in [2.45, 2.75) is 26.3 Å². The van der Waals surface area contributed by atoms with Gasteiger partial charge < -0.3 is 20.8 Å². The number of nitrogens with one attached hydrogen (secondary N) is 3. The van der Waals surface area contributed by atoms with E-state index in [0.717, 1.165) is 16.8 Å². The molecule has 12 heteroatoms. The number of benzene rings is 1. The molecule has 0 spiro atoms. The Hall–Kier alpha value is -3.67. The van der Waals surface area contributed by atoms with Gasteiger partial charge in [0.25, 0.3) is 0 Å². The SMILES string of the molecule is CC(=O)Nc1nc(CCc2cccc(CNC(=O)NN(C(=O)O)C(=O)O)c2)cs1. The summed E-state index contributed by atoms with van der Waals surface area (Å²) in [6.07, 6.45) is -2.29. The maximum atomic E-state index is 11.7. The molecule has 0 unspecified atom stereocenters. The van der Waals surface area contributed by atoms with Crippen molar-refractivity contribution in [2.75, 3.05) is 5.32 Å². The van der Waals surface area contributed by atoms with Gasteiger partial charge in [0.2, 0.25) is 5.91 Å². The van der Waals surface area contributed by atoms with Crippen LogP contribution in [0.5, 0.6) is 0 Å².